The molecule has 0 unspecified atom stereocenters. The van der Waals surface area contributed by atoms with Gasteiger partial charge < -0.3 is 4.74 Å². The minimum absolute atomic E-state index is 0.290. The molecule has 1 aromatic heterocycles. The molecule has 0 aliphatic rings. The maximum absolute atomic E-state index is 12.9. The second-order valence-electron chi connectivity index (χ2n) is 4.63. The van der Waals surface area contributed by atoms with Crippen molar-refractivity contribution in [3.05, 3.63) is 41.3 Å². The first-order chi connectivity index (χ1) is 11.0. The fourth-order valence-corrected chi connectivity index (χ4v) is 2.70. The van der Waals surface area contributed by atoms with Crippen molar-refractivity contribution in [1.29, 1.82) is 0 Å². The molecule has 2 N–H and O–H groups in total. The molecular formula is C15H17FN4O2S. The number of rotatable bonds is 5. The Labute approximate surface area is 137 Å². The summed E-state index contributed by atoms with van der Waals surface area (Å²) in [5, 5.41) is 7.49. The maximum atomic E-state index is 12.9. The molecule has 1 amide bonds. The number of carbonyl (C=O) groups is 1. The monoisotopic (exact) mass is 336 g/mol. The highest BCUT2D eigenvalue weighted by Gasteiger charge is 2.16. The van der Waals surface area contributed by atoms with Crippen LogP contribution in [0.4, 0.5) is 19.9 Å². The Bertz CT molecular complexity index is 713. The van der Waals surface area contributed by atoms with Crippen molar-refractivity contribution in [1.82, 2.24) is 4.37 Å². The maximum Gasteiger partial charge on any atom is 0.412 e. The summed E-state index contributed by atoms with van der Waals surface area (Å²) in [5.74, 6) is -0.310. The van der Waals surface area contributed by atoms with Crippen LogP contribution in [0.15, 0.2) is 29.4 Å². The zero-order valence-electron chi connectivity index (χ0n) is 13.0. The second-order valence-corrected chi connectivity index (χ2v) is 5.41. The highest BCUT2D eigenvalue weighted by Crippen LogP contribution is 2.25. The van der Waals surface area contributed by atoms with E-state index in [2.05, 4.69) is 20.2 Å². The fourth-order valence-electron chi connectivity index (χ4n) is 1.87. The van der Waals surface area contributed by atoms with Gasteiger partial charge in [-0.15, -0.1) is 0 Å². The van der Waals surface area contributed by atoms with E-state index in [1.807, 2.05) is 6.92 Å². The van der Waals surface area contributed by atoms with Crippen molar-refractivity contribution in [3.8, 4) is 0 Å². The Morgan fingerprint density at radius 1 is 1.39 bits per heavy atom. The third-order valence-corrected chi connectivity index (χ3v) is 3.77. The molecule has 0 aliphatic carbocycles. The van der Waals surface area contributed by atoms with Gasteiger partial charge in [-0.25, -0.2) is 9.18 Å². The summed E-state index contributed by atoms with van der Waals surface area (Å²) in [6.07, 6.45) is -0.531. The van der Waals surface area contributed by atoms with Gasteiger partial charge in [0.05, 0.1) is 29.3 Å². The van der Waals surface area contributed by atoms with Gasteiger partial charge in [-0.05, 0) is 56.6 Å². The smallest absolute Gasteiger partial charge is 0.412 e. The van der Waals surface area contributed by atoms with E-state index in [0.717, 1.165) is 22.8 Å². The standard InChI is InChI=1S/C15H17FN4O2S/c1-4-22-15(21)17-14-13(10(3)20-23-14)9(2)18-19-12-7-5-11(16)6-8-12/h5-8,19H,4H2,1-3H3,(H,17,21)/b18-9+. The Balaban J connectivity index is 2.16. The van der Waals surface area contributed by atoms with Gasteiger partial charge in [-0.2, -0.15) is 9.47 Å². The molecule has 0 saturated carbocycles. The molecule has 122 valence electrons. The van der Waals surface area contributed by atoms with Crippen molar-refractivity contribution in [2.24, 2.45) is 5.10 Å². The van der Waals surface area contributed by atoms with Crippen molar-refractivity contribution in [2.75, 3.05) is 17.3 Å². The van der Waals surface area contributed by atoms with Crippen LogP contribution in [0.5, 0.6) is 0 Å². The van der Waals surface area contributed by atoms with Crippen molar-refractivity contribution < 1.29 is 13.9 Å². The van der Waals surface area contributed by atoms with Gasteiger partial charge in [-0.3, -0.25) is 10.7 Å². The van der Waals surface area contributed by atoms with Crippen LogP contribution in [0, 0.1) is 12.7 Å². The fraction of sp³-hybridized carbons (Fsp3) is 0.267. The van der Waals surface area contributed by atoms with Gasteiger partial charge in [0.15, 0.2) is 0 Å². The molecule has 1 aromatic carbocycles. The van der Waals surface area contributed by atoms with E-state index in [1.54, 1.807) is 26.0 Å². The van der Waals surface area contributed by atoms with Crippen LogP contribution in [-0.2, 0) is 4.74 Å². The lowest BCUT2D eigenvalue weighted by atomic mass is 10.2. The van der Waals surface area contributed by atoms with Crippen LogP contribution in [0.3, 0.4) is 0 Å². The zero-order chi connectivity index (χ0) is 16.8. The number of nitrogens with zero attached hydrogens (tertiary/aromatic N) is 2. The van der Waals surface area contributed by atoms with Crippen LogP contribution < -0.4 is 10.7 Å². The van der Waals surface area contributed by atoms with Crippen LogP contribution >= 0.6 is 11.5 Å². The summed E-state index contributed by atoms with van der Waals surface area (Å²) in [6.45, 7) is 5.65. The number of ether oxygens (including phenoxy) is 1. The minimum atomic E-state index is -0.531. The van der Waals surface area contributed by atoms with E-state index < -0.39 is 6.09 Å². The van der Waals surface area contributed by atoms with E-state index in [0.29, 0.717) is 16.4 Å². The molecule has 2 aromatic rings. The number of hydrogen-bond donors (Lipinski definition) is 2. The van der Waals surface area contributed by atoms with Gasteiger partial charge in [0.2, 0.25) is 0 Å². The van der Waals surface area contributed by atoms with E-state index in [9.17, 15) is 9.18 Å². The third-order valence-electron chi connectivity index (χ3n) is 2.91. The zero-order valence-corrected chi connectivity index (χ0v) is 13.8. The topological polar surface area (TPSA) is 75.6 Å². The lowest BCUT2D eigenvalue weighted by molar-refractivity contribution is 0.168. The molecule has 23 heavy (non-hydrogen) atoms. The van der Waals surface area contributed by atoms with Crippen molar-refractivity contribution in [2.45, 2.75) is 20.8 Å². The Hall–Kier alpha value is -2.48. The number of anilines is 2. The lowest BCUT2D eigenvalue weighted by Crippen LogP contribution is -2.14. The predicted octanol–water partition coefficient (Wildman–Crippen LogP) is 4.00. The highest BCUT2D eigenvalue weighted by molar-refractivity contribution is 7.11. The third kappa shape index (κ3) is 4.49. The summed E-state index contributed by atoms with van der Waals surface area (Å²) in [4.78, 5) is 11.6. The first kappa shape index (κ1) is 16.9. The summed E-state index contributed by atoms with van der Waals surface area (Å²) < 4.78 is 22.0. The van der Waals surface area contributed by atoms with Crippen molar-refractivity contribution >= 4 is 34.0 Å². The summed E-state index contributed by atoms with van der Waals surface area (Å²) >= 11 is 1.16. The number of nitrogens with one attached hydrogen (secondary N) is 2. The summed E-state index contributed by atoms with van der Waals surface area (Å²) in [6, 6.07) is 5.86. The van der Waals surface area contributed by atoms with E-state index in [1.165, 1.54) is 12.1 Å². The second kappa shape index (κ2) is 7.68. The molecule has 8 heteroatoms. The molecule has 6 nitrogen and oxygen atoms in total. The minimum Gasteiger partial charge on any atom is -0.450 e. The number of benzene rings is 1. The number of hydrazone groups is 1. The molecule has 0 saturated heterocycles. The van der Waals surface area contributed by atoms with Crippen molar-refractivity contribution in [3.63, 3.8) is 0 Å². The highest BCUT2D eigenvalue weighted by atomic mass is 32.1. The van der Waals surface area contributed by atoms with Gasteiger partial charge in [-0.1, -0.05) is 0 Å². The number of amides is 1. The Morgan fingerprint density at radius 2 is 2.09 bits per heavy atom. The number of halogens is 1. The lowest BCUT2D eigenvalue weighted by Gasteiger charge is -2.07. The van der Waals surface area contributed by atoms with Gasteiger partial charge in [0.1, 0.15) is 10.8 Å². The van der Waals surface area contributed by atoms with E-state index >= 15 is 0 Å². The SMILES string of the molecule is CCOC(=O)Nc1snc(C)c1/C(C)=N/Nc1ccc(F)cc1. The average molecular weight is 336 g/mol. The van der Waals surface area contributed by atoms with E-state index in [4.69, 9.17) is 4.74 Å². The molecule has 0 bridgehead atoms. The molecule has 0 aliphatic heterocycles. The van der Waals surface area contributed by atoms with Gasteiger partial charge in [0.25, 0.3) is 0 Å². The molecule has 1 heterocycles. The Kier molecular flexibility index (Phi) is 5.64. The summed E-state index contributed by atoms with van der Waals surface area (Å²) in [5.41, 5.74) is 5.64. The first-order valence-corrected chi connectivity index (χ1v) is 7.75. The van der Waals surface area contributed by atoms with Crippen LogP contribution in [0.25, 0.3) is 0 Å². The van der Waals surface area contributed by atoms with E-state index in [-0.39, 0.29) is 12.4 Å². The molecule has 0 spiro atoms. The molecule has 2 rings (SSSR count). The van der Waals surface area contributed by atoms with Crippen LogP contribution in [0.2, 0.25) is 0 Å². The molecule has 0 fully saturated rings. The first-order valence-electron chi connectivity index (χ1n) is 6.97. The summed E-state index contributed by atoms with van der Waals surface area (Å²) in [7, 11) is 0. The predicted molar refractivity (Wildman–Crippen MR) is 89.7 cm³/mol. The number of hydrogen-bond acceptors (Lipinski definition) is 6. The number of carbonyl (C=O) groups excluding carboxylic acids is 1. The normalized spacial score (nSPS) is 11.2. The van der Waals surface area contributed by atoms with Gasteiger partial charge in [0, 0.05) is 0 Å². The average Bonchev–Trinajstić information content (AvgIpc) is 2.87. The molecular weight excluding hydrogens is 319 g/mol. The number of aryl methyl sites for hydroxylation is 1. The molecule has 0 radical (unpaired) electrons. The van der Waals surface area contributed by atoms with Crippen LogP contribution in [0.1, 0.15) is 25.1 Å². The number of aromatic nitrogens is 1. The van der Waals surface area contributed by atoms with Crippen LogP contribution in [-0.4, -0.2) is 22.8 Å². The Morgan fingerprint density at radius 3 is 2.74 bits per heavy atom. The quantitative estimate of drug-likeness (QED) is 0.639. The largest absolute Gasteiger partial charge is 0.450 e. The molecule has 0 atom stereocenters. The van der Waals surface area contributed by atoms with Gasteiger partial charge >= 0.3 is 6.09 Å².